The van der Waals surface area contributed by atoms with Crippen molar-refractivity contribution in [2.75, 3.05) is 0 Å². The number of thiazole rings is 1. The second-order valence-electron chi connectivity index (χ2n) is 1.41. The standard InChI is InChI=1S/C3H3NS.H2O4S.H3O3P/c1-2-5-3-4-1;1-5(2,3)4;1-4(2)3/h1-3H;(H2,1,2,3,4);4H,(H2,1,2,3). The second kappa shape index (κ2) is 9.21. The predicted octanol–water partition coefficient (Wildman–Crippen LogP) is -0.149. The Bertz CT molecular complexity index is 291. The van der Waals surface area contributed by atoms with Gasteiger partial charge in [0.2, 0.25) is 0 Å². The molecule has 84 valence electrons. The summed E-state index contributed by atoms with van der Waals surface area (Å²) in [5.41, 5.74) is 1.79. The summed E-state index contributed by atoms with van der Waals surface area (Å²) in [4.78, 5) is 18.1. The molecule has 0 fully saturated rings. The Labute approximate surface area is 84.4 Å². The van der Waals surface area contributed by atoms with Crippen LogP contribution in [-0.2, 0) is 15.0 Å². The fourth-order valence-corrected chi connectivity index (χ4v) is 0.527. The monoisotopic (exact) mass is 265 g/mol. The lowest BCUT2D eigenvalue weighted by Gasteiger charge is -1.68. The molecule has 1 aromatic rings. The molecule has 4 N–H and O–H groups in total. The maximum Gasteiger partial charge on any atom is 0.394 e. The molecule has 0 atom stereocenters. The van der Waals surface area contributed by atoms with Crippen LogP contribution in [0.5, 0.6) is 0 Å². The van der Waals surface area contributed by atoms with Gasteiger partial charge in [-0.2, -0.15) is 8.42 Å². The Balaban J connectivity index is 0. The molecule has 1 heterocycles. The van der Waals surface area contributed by atoms with Gasteiger partial charge in [-0.3, -0.25) is 18.7 Å². The van der Waals surface area contributed by atoms with Gasteiger partial charge >= 0.3 is 18.7 Å². The van der Waals surface area contributed by atoms with Crippen LogP contribution < -0.4 is 0 Å². The molecule has 11 heteroatoms. The average Bonchev–Trinajstić information content (AvgIpc) is 2.32. The van der Waals surface area contributed by atoms with Gasteiger partial charge in [-0.15, -0.1) is 11.3 Å². The van der Waals surface area contributed by atoms with E-state index in [0.29, 0.717) is 0 Å². The zero-order chi connectivity index (χ0) is 11.6. The van der Waals surface area contributed by atoms with E-state index < -0.39 is 18.7 Å². The van der Waals surface area contributed by atoms with Gasteiger partial charge in [0, 0.05) is 11.6 Å². The normalized spacial score (nSPS) is 9.50. The van der Waals surface area contributed by atoms with Crippen molar-refractivity contribution < 1.29 is 31.9 Å². The van der Waals surface area contributed by atoms with Crippen LogP contribution in [0.4, 0.5) is 0 Å². The third kappa shape index (κ3) is 61.1. The van der Waals surface area contributed by atoms with Gasteiger partial charge in [-0.25, -0.2) is 0 Å². The van der Waals surface area contributed by atoms with E-state index in [1.54, 1.807) is 23.0 Å². The molecule has 8 nitrogen and oxygen atoms in total. The van der Waals surface area contributed by atoms with Gasteiger partial charge in [0.05, 0.1) is 5.51 Å². The van der Waals surface area contributed by atoms with E-state index in [1.807, 2.05) is 5.38 Å². The van der Waals surface area contributed by atoms with Crippen molar-refractivity contribution in [2.24, 2.45) is 0 Å². The highest BCUT2D eigenvalue weighted by Crippen LogP contribution is 1.98. The Kier molecular flexibility index (Phi) is 10.6. The molecule has 14 heavy (non-hydrogen) atoms. The zero-order valence-electron chi connectivity index (χ0n) is 6.51. The van der Waals surface area contributed by atoms with Crippen LogP contribution in [0.15, 0.2) is 17.1 Å². The molecule has 0 unspecified atom stereocenters. The number of rotatable bonds is 0. The van der Waals surface area contributed by atoms with Gasteiger partial charge in [-0.1, -0.05) is 0 Å². The van der Waals surface area contributed by atoms with E-state index >= 15 is 0 Å². The molecule has 0 saturated carbocycles. The van der Waals surface area contributed by atoms with Crippen molar-refractivity contribution in [3.63, 3.8) is 0 Å². The summed E-state index contributed by atoms with van der Waals surface area (Å²) < 4.78 is 40.3. The van der Waals surface area contributed by atoms with E-state index in [-0.39, 0.29) is 0 Å². The molecule has 0 spiro atoms. The average molecular weight is 265 g/mol. The van der Waals surface area contributed by atoms with Crippen LogP contribution in [-0.4, -0.2) is 32.3 Å². The van der Waals surface area contributed by atoms with Crippen molar-refractivity contribution in [3.05, 3.63) is 17.1 Å². The molecule has 1 aromatic heterocycles. The molecular weight excluding hydrogens is 257 g/mol. The van der Waals surface area contributed by atoms with E-state index in [0.717, 1.165) is 0 Å². The number of aromatic nitrogens is 1. The van der Waals surface area contributed by atoms with Crippen molar-refractivity contribution in [3.8, 4) is 0 Å². The predicted molar refractivity (Wildman–Crippen MR) is 49.7 cm³/mol. The highest BCUT2D eigenvalue weighted by atomic mass is 32.3. The molecule has 0 aliphatic heterocycles. The van der Waals surface area contributed by atoms with Crippen molar-refractivity contribution in [2.45, 2.75) is 0 Å². The summed E-state index contributed by atoms with van der Waals surface area (Å²) in [6.07, 6.45) is 1.77. The van der Waals surface area contributed by atoms with E-state index in [4.69, 9.17) is 31.9 Å². The van der Waals surface area contributed by atoms with Gasteiger partial charge in [-0.05, 0) is 0 Å². The van der Waals surface area contributed by atoms with Crippen LogP contribution in [0, 0.1) is 0 Å². The van der Waals surface area contributed by atoms with Crippen LogP contribution in [0.3, 0.4) is 0 Å². The van der Waals surface area contributed by atoms with E-state index in [2.05, 4.69) is 4.98 Å². The zero-order valence-corrected chi connectivity index (χ0v) is 9.14. The fraction of sp³-hybridized carbons (Fsp3) is 0. The lowest BCUT2D eigenvalue weighted by Crippen LogP contribution is -1.89. The first-order chi connectivity index (χ1) is 6.23. The fourth-order valence-electron chi connectivity index (χ4n) is 0.176. The van der Waals surface area contributed by atoms with Gasteiger partial charge < -0.3 is 9.79 Å². The van der Waals surface area contributed by atoms with Crippen LogP contribution in [0.25, 0.3) is 0 Å². The van der Waals surface area contributed by atoms with Crippen LogP contribution in [0.2, 0.25) is 0 Å². The molecule has 0 radical (unpaired) electrons. The minimum absolute atomic E-state index is 1.60. The topological polar surface area (TPSA) is 145 Å². The third-order valence-corrected chi connectivity index (χ3v) is 0.869. The molecule has 0 bridgehead atoms. The first kappa shape index (κ1) is 16.1. The molecule has 0 aliphatic carbocycles. The summed E-state index contributed by atoms with van der Waals surface area (Å²) in [7, 11) is -7.80. The molecule has 0 aliphatic rings. The second-order valence-corrected chi connectivity index (χ2v) is 3.62. The number of nitrogens with zero attached hydrogens (tertiary/aromatic N) is 1. The largest absolute Gasteiger partial charge is 0.394 e. The number of hydrogen-bond acceptors (Lipinski definition) is 5. The van der Waals surface area contributed by atoms with Gasteiger partial charge in [0.25, 0.3) is 0 Å². The van der Waals surface area contributed by atoms with Gasteiger partial charge in [0.15, 0.2) is 0 Å². The minimum Gasteiger partial charge on any atom is -0.326 e. The lowest BCUT2D eigenvalue weighted by atomic mass is 11.0. The molecule has 0 amide bonds. The van der Waals surface area contributed by atoms with E-state index in [1.165, 1.54) is 0 Å². The molecule has 0 aromatic carbocycles. The first-order valence-electron chi connectivity index (χ1n) is 2.67. The van der Waals surface area contributed by atoms with Crippen LogP contribution >= 0.6 is 19.6 Å². The molecular formula is C3H8NO7PS2. The maximum atomic E-state index is 8.74. The van der Waals surface area contributed by atoms with E-state index in [9.17, 15) is 0 Å². The number of hydrogen-bond donors (Lipinski definition) is 4. The minimum atomic E-state index is -4.67. The quantitative estimate of drug-likeness (QED) is 0.374. The SMILES string of the molecule is O=S(=O)(O)O.O=[PH](O)O.c1cscn1. The highest BCUT2D eigenvalue weighted by Gasteiger charge is 1.84. The maximum absolute atomic E-state index is 8.74. The van der Waals surface area contributed by atoms with Gasteiger partial charge in [0.1, 0.15) is 0 Å². The Morgan fingerprint density at radius 3 is 1.71 bits per heavy atom. The Morgan fingerprint density at radius 2 is 1.64 bits per heavy atom. The summed E-state index contributed by atoms with van der Waals surface area (Å²) >= 11 is 1.60. The first-order valence-corrected chi connectivity index (χ1v) is 6.31. The highest BCUT2D eigenvalue weighted by molar-refractivity contribution is 7.79. The summed E-state index contributed by atoms with van der Waals surface area (Å²) in [6, 6.07) is 0. The lowest BCUT2D eigenvalue weighted by molar-refractivity contribution is 0.380. The van der Waals surface area contributed by atoms with Crippen molar-refractivity contribution >= 4 is 30.0 Å². The third-order valence-electron chi connectivity index (χ3n) is 0.347. The Hall–Kier alpha value is -0.350. The molecule has 0 saturated heterocycles. The van der Waals surface area contributed by atoms with Crippen LogP contribution in [0.1, 0.15) is 0 Å². The van der Waals surface area contributed by atoms with Crippen molar-refractivity contribution in [1.29, 1.82) is 0 Å². The summed E-state index contributed by atoms with van der Waals surface area (Å²) in [5.74, 6) is 0. The Morgan fingerprint density at radius 1 is 1.29 bits per heavy atom. The van der Waals surface area contributed by atoms with Crippen molar-refractivity contribution in [1.82, 2.24) is 4.98 Å². The summed E-state index contributed by atoms with van der Waals surface area (Å²) in [6.45, 7) is 0. The summed E-state index contributed by atoms with van der Waals surface area (Å²) in [5, 5.41) is 1.93. The molecule has 1 rings (SSSR count). The smallest absolute Gasteiger partial charge is 0.326 e.